The third-order valence-electron chi connectivity index (χ3n) is 2.47. The number of amides is 2. The van der Waals surface area contributed by atoms with Crippen LogP contribution in [0, 0.1) is 5.82 Å². The van der Waals surface area contributed by atoms with Crippen LogP contribution < -0.4 is 10.6 Å². The standard InChI is InChI=1S/C10H8F4N2O/c11-7-2-1-5(3-6(7)10(12,13)14)8-4-15-9(17)16-8/h1-3,8H,4H2,(H2,15,16,17)/t8-/m0/s1. The molecular formula is C10H8F4N2O. The molecule has 1 aromatic rings. The van der Waals surface area contributed by atoms with Crippen molar-refractivity contribution in [3.05, 3.63) is 35.1 Å². The first-order chi connectivity index (χ1) is 7.88. The van der Waals surface area contributed by atoms with Gasteiger partial charge in [0, 0.05) is 6.54 Å². The summed E-state index contributed by atoms with van der Waals surface area (Å²) in [6.07, 6.45) is -4.74. The maximum absolute atomic E-state index is 13.0. The zero-order valence-corrected chi connectivity index (χ0v) is 8.44. The van der Waals surface area contributed by atoms with E-state index < -0.39 is 29.6 Å². The molecule has 0 saturated carbocycles. The highest BCUT2D eigenvalue weighted by atomic mass is 19.4. The van der Waals surface area contributed by atoms with Crippen molar-refractivity contribution in [3.63, 3.8) is 0 Å². The fraction of sp³-hybridized carbons (Fsp3) is 0.300. The summed E-state index contributed by atoms with van der Waals surface area (Å²) in [5, 5.41) is 4.84. The summed E-state index contributed by atoms with van der Waals surface area (Å²) in [5.74, 6) is -1.32. The van der Waals surface area contributed by atoms with E-state index in [0.29, 0.717) is 6.07 Å². The molecule has 0 aromatic heterocycles. The second kappa shape index (κ2) is 3.90. The van der Waals surface area contributed by atoms with Crippen molar-refractivity contribution in [1.82, 2.24) is 10.6 Å². The van der Waals surface area contributed by atoms with E-state index in [1.807, 2.05) is 0 Å². The molecular weight excluding hydrogens is 240 g/mol. The molecule has 0 aliphatic carbocycles. The van der Waals surface area contributed by atoms with E-state index in [1.165, 1.54) is 6.07 Å². The topological polar surface area (TPSA) is 41.1 Å². The molecule has 3 nitrogen and oxygen atoms in total. The first-order valence-electron chi connectivity index (χ1n) is 4.79. The van der Waals surface area contributed by atoms with Gasteiger partial charge < -0.3 is 10.6 Å². The zero-order chi connectivity index (χ0) is 12.6. The van der Waals surface area contributed by atoms with E-state index in [9.17, 15) is 22.4 Å². The minimum Gasteiger partial charge on any atom is -0.336 e. The van der Waals surface area contributed by atoms with Gasteiger partial charge in [-0.1, -0.05) is 6.07 Å². The third-order valence-corrected chi connectivity index (χ3v) is 2.47. The molecule has 0 radical (unpaired) electrons. The van der Waals surface area contributed by atoms with Crippen molar-refractivity contribution in [2.45, 2.75) is 12.2 Å². The number of nitrogens with one attached hydrogen (secondary N) is 2. The van der Waals surface area contributed by atoms with Gasteiger partial charge in [0.25, 0.3) is 0 Å². The van der Waals surface area contributed by atoms with Gasteiger partial charge in [0.15, 0.2) is 0 Å². The maximum Gasteiger partial charge on any atom is 0.419 e. The second-order valence-electron chi connectivity index (χ2n) is 3.64. The summed E-state index contributed by atoms with van der Waals surface area (Å²) in [5.41, 5.74) is -1.10. The largest absolute Gasteiger partial charge is 0.419 e. The molecule has 92 valence electrons. The van der Waals surface area contributed by atoms with Crippen LogP contribution in [0.15, 0.2) is 18.2 Å². The predicted octanol–water partition coefficient (Wildman–Crippen LogP) is 2.20. The summed E-state index contributed by atoms with van der Waals surface area (Å²) in [6, 6.07) is 1.68. The Morgan fingerprint density at radius 2 is 2.00 bits per heavy atom. The van der Waals surface area contributed by atoms with Crippen molar-refractivity contribution in [2.75, 3.05) is 6.54 Å². The van der Waals surface area contributed by atoms with Gasteiger partial charge in [-0.25, -0.2) is 9.18 Å². The number of carbonyl (C=O) groups excluding carboxylic acids is 1. The molecule has 2 rings (SSSR count). The molecule has 0 spiro atoms. The van der Waals surface area contributed by atoms with Crippen molar-refractivity contribution >= 4 is 6.03 Å². The summed E-state index contributed by atoms with van der Waals surface area (Å²) >= 11 is 0. The lowest BCUT2D eigenvalue weighted by molar-refractivity contribution is -0.140. The van der Waals surface area contributed by atoms with Crippen molar-refractivity contribution in [3.8, 4) is 0 Å². The third kappa shape index (κ3) is 2.32. The molecule has 17 heavy (non-hydrogen) atoms. The van der Waals surface area contributed by atoms with Gasteiger partial charge in [-0.15, -0.1) is 0 Å². The number of carbonyl (C=O) groups is 1. The average molecular weight is 248 g/mol. The van der Waals surface area contributed by atoms with Gasteiger partial charge >= 0.3 is 12.2 Å². The van der Waals surface area contributed by atoms with Crippen LogP contribution in [0.1, 0.15) is 17.2 Å². The first-order valence-corrected chi connectivity index (χ1v) is 4.79. The van der Waals surface area contributed by atoms with Crippen molar-refractivity contribution in [1.29, 1.82) is 0 Å². The number of alkyl halides is 3. The smallest absolute Gasteiger partial charge is 0.336 e. The Morgan fingerprint density at radius 3 is 2.53 bits per heavy atom. The Hall–Kier alpha value is -1.79. The fourth-order valence-electron chi connectivity index (χ4n) is 1.63. The Morgan fingerprint density at radius 1 is 1.29 bits per heavy atom. The molecule has 0 bridgehead atoms. The highest BCUT2D eigenvalue weighted by Crippen LogP contribution is 2.33. The van der Waals surface area contributed by atoms with Gasteiger partial charge in [-0.3, -0.25) is 0 Å². The van der Waals surface area contributed by atoms with Gasteiger partial charge in [0.1, 0.15) is 5.82 Å². The quantitative estimate of drug-likeness (QED) is 0.735. The molecule has 7 heteroatoms. The van der Waals surface area contributed by atoms with E-state index in [-0.39, 0.29) is 12.1 Å². The maximum atomic E-state index is 13.0. The van der Waals surface area contributed by atoms with Crippen LogP contribution in [-0.4, -0.2) is 12.6 Å². The molecule has 1 aromatic carbocycles. The Balaban J connectivity index is 2.34. The summed E-state index contributed by atoms with van der Waals surface area (Å²) in [7, 11) is 0. The highest BCUT2D eigenvalue weighted by Gasteiger charge is 2.35. The number of hydrogen-bond donors (Lipinski definition) is 2. The van der Waals surface area contributed by atoms with Gasteiger partial charge in [0.2, 0.25) is 0 Å². The number of hydrogen-bond acceptors (Lipinski definition) is 1. The lowest BCUT2D eigenvalue weighted by Crippen LogP contribution is -2.22. The van der Waals surface area contributed by atoms with Crippen molar-refractivity contribution < 1.29 is 22.4 Å². The average Bonchev–Trinajstić information content (AvgIpc) is 2.64. The van der Waals surface area contributed by atoms with Crippen LogP contribution in [0.2, 0.25) is 0 Å². The van der Waals surface area contributed by atoms with Gasteiger partial charge in [-0.05, 0) is 17.7 Å². The van der Waals surface area contributed by atoms with Gasteiger partial charge in [0.05, 0.1) is 11.6 Å². The molecule has 1 fully saturated rings. The van der Waals surface area contributed by atoms with Crippen LogP contribution in [-0.2, 0) is 6.18 Å². The molecule has 2 amide bonds. The minimum atomic E-state index is -4.74. The predicted molar refractivity (Wildman–Crippen MR) is 50.7 cm³/mol. The Kier molecular flexibility index (Phi) is 2.68. The molecule has 1 aliphatic heterocycles. The molecule has 2 N–H and O–H groups in total. The van der Waals surface area contributed by atoms with E-state index in [4.69, 9.17) is 0 Å². The molecule has 1 aliphatic rings. The van der Waals surface area contributed by atoms with Crippen LogP contribution in [0.25, 0.3) is 0 Å². The number of halogens is 4. The summed E-state index contributed by atoms with van der Waals surface area (Å²) in [4.78, 5) is 10.9. The monoisotopic (exact) mass is 248 g/mol. The molecule has 0 unspecified atom stereocenters. The van der Waals surface area contributed by atoms with E-state index in [0.717, 1.165) is 6.07 Å². The van der Waals surface area contributed by atoms with Crippen molar-refractivity contribution in [2.24, 2.45) is 0 Å². The SMILES string of the molecule is O=C1NC[C@@H](c2ccc(F)c(C(F)(F)F)c2)N1. The zero-order valence-electron chi connectivity index (χ0n) is 8.44. The second-order valence-corrected chi connectivity index (χ2v) is 3.64. The lowest BCUT2D eigenvalue weighted by Gasteiger charge is -2.13. The van der Waals surface area contributed by atoms with Crippen LogP contribution in [0.4, 0.5) is 22.4 Å². The van der Waals surface area contributed by atoms with Crippen LogP contribution in [0.5, 0.6) is 0 Å². The fourth-order valence-corrected chi connectivity index (χ4v) is 1.63. The molecule has 1 heterocycles. The van der Waals surface area contributed by atoms with Crippen LogP contribution >= 0.6 is 0 Å². The Bertz CT molecular complexity index is 458. The highest BCUT2D eigenvalue weighted by molar-refractivity contribution is 5.76. The first kappa shape index (κ1) is 11.7. The molecule has 1 saturated heterocycles. The van der Waals surface area contributed by atoms with E-state index in [2.05, 4.69) is 10.6 Å². The lowest BCUT2D eigenvalue weighted by atomic mass is 10.0. The van der Waals surface area contributed by atoms with E-state index >= 15 is 0 Å². The van der Waals surface area contributed by atoms with Gasteiger partial charge in [-0.2, -0.15) is 13.2 Å². The normalized spacial score (nSPS) is 20.0. The number of rotatable bonds is 1. The number of urea groups is 1. The molecule has 1 atom stereocenters. The summed E-state index contributed by atoms with van der Waals surface area (Å²) in [6.45, 7) is 0.182. The van der Waals surface area contributed by atoms with E-state index in [1.54, 1.807) is 0 Å². The Labute approximate surface area is 93.8 Å². The minimum absolute atomic E-state index is 0.182. The summed E-state index contributed by atoms with van der Waals surface area (Å²) < 4.78 is 50.4. The van der Waals surface area contributed by atoms with Crippen LogP contribution in [0.3, 0.4) is 0 Å². The number of benzene rings is 1.